The first-order chi connectivity index (χ1) is 10.8. The minimum Gasteiger partial charge on any atom is -0.508 e. The molecule has 0 amide bonds. The molecule has 2 N–H and O–H groups in total. The van der Waals surface area contributed by atoms with Crippen molar-refractivity contribution < 1.29 is 31.3 Å². The monoisotopic (exact) mass is 494 g/mol. The van der Waals surface area contributed by atoms with Crippen molar-refractivity contribution >= 4 is 0 Å². The SMILES string of the molecule is CC1CC(C)(C)CC(c2ccc(O)cc2)(c2ccc(O)cc2)C1.[W]. The molecule has 1 aliphatic carbocycles. The van der Waals surface area contributed by atoms with Gasteiger partial charge in [0, 0.05) is 26.5 Å². The number of hydrogen-bond donors (Lipinski definition) is 2. The van der Waals surface area contributed by atoms with E-state index >= 15 is 0 Å². The number of benzene rings is 2. The molecule has 0 saturated heterocycles. The van der Waals surface area contributed by atoms with Crippen LogP contribution in [-0.4, -0.2) is 10.2 Å². The van der Waals surface area contributed by atoms with Crippen LogP contribution < -0.4 is 0 Å². The van der Waals surface area contributed by atoms with Crippen LogP contribution in [0.3, 0.4) is 0 Å². The van der Waals surface area contributed by atoms with Crippen LogP contribution in [0.25, 0.3) is 0 Å². The van der Waals surface area contributed by atoms with Gasteiger partial charge in [-0.1, -0.05) is 45.0 Å². The Kier molecular flexibility index (Phi) is 5.50. The quantitative estimate of drug-likeness (QED) is 0.601. The largest absolute Gasteiger partial charge is 0.508 e. The van der Waals surface area contributed by atoms with Gasteiger partial charge in [0.15, 0.2) is 0 Å². The second kappa shape index (κ2) is 6.92. The third-order valence-electron chi connectivity index (χ3n) is 5.22. The van der Waals surface area contributed by atoms with Crippen LogP contribution in [0.5, 0.6) is 11.5 Å². The molecule has 1 saturated carbocycles. The molecule has 2 nitrogen and oxygen atoms in total. The van der Waals surface area contributed by atoms with Gasteiger partial charge in [-0.05, 0) is 66.0 Å². The van der Waals surface area contributed by atoms with Gasteiger partial charge in [0.2, 0.25) is 0 Å². The Hall–Kier alpha value is -1.27. The zero-order valence-corrected chi connectivity index (χ0v) is 17.6. The van der Waals surface area contributed by atoms with E-state index in [0.29, 0.717) is 17.4 Å². The van der Waals surface area contributed by atoms with Crippen LogP contribution in [0.15, 0.2) is 48.5 Å². The predicted octanol–water partition coefficient (Wildman–Crippen LogP) is 5.23. The minimum absolute atomic E-state index is 0. The summed E-state index contributed by atoms with van der Waals surface area (Å²) >= 11 is 0. The van der Waals surface area contributed by atoms with Gasteiger partial charge in [-0.25, -0.2) is 0 Å². The zero-order chi connectivity index (χ0) is 16.7. The number of rotatable bonds is 2. The standard InChI is InChI=1S/C21H26O2.W/c1-15-12-20(2,3)14-21(13-15,16-4-8-18(22)9-5-16)17-6-10-19(23)11-7-17;/h4-11,15,22-23H,12-14H2,1-3H3;. The van der Waals surface area contributed by atoms with Crippen molar-refractivity contribution in [1.29, 1.82) is 0 Å². The second-order valence-electron chi connectivity index (χ2n) is 8.03. The minimum atomic E-state index is -0.0669. The van der Waals surface area contributed by atoms with Gasteiger partial charge in [-0.15, -0.1) is 0 Å². The van der Waals surface area contributed by atoms with Crippen molar-refractivity contribution in [2.24, 2.45) is 11.3 Å². The third kappa shape index (κ3) is 3.69. The van der Waals surface area contributed by atoms with Crippen molar-refractivity contribution in [3.05, 3.63) is 59.7 Å². The molecule has 24 heavy (non-hydrogen) atoms. The maximum absolute atomic E-state index is 9.67. The van der Waals surface area contributed by atoms with Gasteiger partial charge in [-0.3, -0.25) is 0 Å². The van der Waals surface area contributed by atoms with E-state index in [-0.39, 0.29) is 31.9 Å². The molecule has 2 aromatic rings. The molecular formula is C21H26O2W. The van der Waals surface area contributed by atoms with E-state index in [0.717, 1.165) is 12.8 Å². The molecule has 0 bridgehead atoms. The second-order valence-corrected chi connectivity index (χ2v) is 8.03. The van der Waals surface area contributed by atoms with E-state index in [1.807, 2.05) is 0 Å². The van der Waals surface area contributed by atoms with Crippen LogP contribution in [0.4, 0.5) is 0 Å². The van der Waals surface area contributed by atoms with E-state index in [1.165, 1.54) is 17.5 Å². The van der Waals surface area contributed by atoms with Crippen molar-refractivity contribution in [3.8, 4) is 11.5 Å². The van der Waals surface area contributed by atoms with Crippen molar-refractivity contribution in [1.82, 2.24) is 0 Å². The fraction of sp³-hybridized carbons (Fsp3) is 0.429. The number of phenolic OH excluding ortho intramolecular Hbond substituents is 2. The van der Waals surface area contributed by atoms with Gasteiger partial charge in [0.1, 0.15) is 11.5 Å². The van der Waals surface area contributed by atoms with Crippen molar-refractivity contribution in [2.75, 3.05) is 0 Å². The molecule has 2 aromatic carbocycles. The number of phenols is 2. The summed E-state index contributed by atoms with van der Waals surface area (Å²) in [6.07, 6.45) is 3.39. The summed E-state index contributed by atoms with van der Waals surface area (Å²) in [7, 11) is 0. The zero-order valence-electron chi connectivity index (χ0n) is 14.6. The van der Waals surface area contributed by atoms with E-state index < -0.39 is 0 Å². The van der Waals surface area contributed by atoms with E-state index in [1.54, 1.807) is 24.3 Å². The summed E-state index contributed by atoms with van der Waals surface area (Å²) in [6.45, 7) is 7.02. The van der Waals surface area contributed by atoms with Crippen LogP contribution in [0, 0.1) is 11.3 Å². The Morgan fingerprint density at radius 3 is 1.58 bits per heavy atom. The maximum atomic E-state index is 9.67. The first-order valence-electron chi connectivity index (χ1n) is 8.40. The summed E-state index contributed by atoms with van der Waals surface area (Å²) in [6, 6.07) is 15.3. The summed E-state index contributed by atoms with van der Waals surface area (Å²) in [4.78, 5) is 0. The molecular weight excluding hydrogens is 468 g/mol. The smallest absolute Gasteiger partial charge is 0.115 e. The molecule has 0 heterocycles. The molecule has 128 valence electrons. The molecule has 1 fully saturated rings. The Balaban J connectivity index is 0.00000208. The molecule has 0 aromatic heterocycles. The first kappa shape index (κ1) is 19.1. The molecule has 1 unspecified atom stereocenters. The molecule has 1 atom stereocenters. The summed E-state index contributed by atoms with van der Waals surface area (Å²) in [5.74, 6) is 1.23. The van der Waals surface area contributed by atoms with Gasteiger partial charge in [0.05, 0.1) is 0 Å². The summed E-state index contributed by atoms with van der Waals surface area (Å²) in [5, 5.41) is 19.3. The normalized spacial score (nSPS) is 21.7. The fourth-order valence-electron chi connectivity index (χ4n) is 4.74. The predicted molar refractivity (Wildman–Crippen MR) is 93.8 cm³/mol. The van der Waals surface area contributed by atoms with E-state index in [9.17, 15) is 10.2 Å². The van der Waals surface area contributed by atoms with Crippen LogP contribution in [0.2, 0.25) is 0 Å². The average molecular weight is 494 g/mol. The topological polar surface area (TPSA) is 40.5 Å². The van der Waals surface area contributed by atoms with Crippen molar-refractivity contribution in [2.45, 2.75) is 45.4 Å². The Labute approximate surface area is 159 Å². The van der Waals surface area contributed by atoms with Gasteiger partial charge in [-0.2, -0.15) is 0 Å². The molecule has 1 aliphatic rings. The fourth-order valence-corrected chi connectivity index (χ4v) is 4.74. The first-order valence-corrected chi connectivity index (χ1v) is 8.40. The van der Waals surface area contributed by atoms with E-state index in [2.05, 4.69) is 45.0 Å². The molecule has 0 aliphatic heterocycles. The number of hydrogen-bond acceptors (Lipinski definition) is 2. The molecule has 3 heteroatoms. The molecule has 0 radical (unpaired) electrons. The summed E-state index contributed by atoms with van der Waals surface area (Å²) in [5.41, 5.74) is 2.69. The van der Waals surface area contributed by atoms with Gasteiger partial charge in [0.25, 0.3) is 0 Å². The maximum Gasteiger partial charge on any atom is 0.115 e. The van der Waals surface area contributed by atoms with Gasteiger partial charge < -0.3 is 10.2 Å². The number of aromatic hydroxyl groups is 2. The third-order valence-corrected chi connectivity index (χ3v) is 5.22. The summed E-state index contributed by atoms with van der Waals surface area (Å²) < 4.78 is 0. The van der Waals surface area contributed by atoms with Crippen LogP contribution in [-0.2, 0) is 26.5 Å². The van der Waals surface area contributed by atoms with Crippen molar-refractivity contribution in [3.63, 3.8) is 0 Å². The van der Waals surface area contributed by atoms with E-state index in [4.69, 9.17) is 0 Å². The van der Waals surface area contributed by atoms with Crippen LogP contribution in [0.1, 0.15) is 51.2 Å². The molecule has 3 rings (SSSR count). The average Bonchev–Trinajstić information content (AvgIpc) is 2.46. The Bertz CT molecular complexity index is 628. The van der Waals surface area contributed by atoms with Crippen LogP contribution >= 0.6 is 0 Å². The molecule has 0 spiro atoms. The Morgan fingerprint density at radius 1 is 0.792 bits per heavy atom. The van der Waals surface area contributed by atoms with Gasteiger partial charge >= 0.3 is 0 Å². The Morgan fingerprint density at radius 2 is 1.21 bits per heavy atom.